The molecule has 0 radical (unpaired) electrons. The molecule has 0 amide bonds. The summed E-state index contributed by atoms with van der Waals surface area (Å²) in [5, 5.41) is 6.68. The molecule has 0 aliphatic carbocycles. The van der Waals surface area contributed by atoms with Gasteiger partial charge in [0.2, 0.25) is 10.0 Å². The molecule has 0 fully saturated rings. The van der Waals surface area contributed by atoms with Gasteiger partial charge in [0, 0.05) is 5.39 Å². The third-order valence-corrected chi connectivity index (χ3v) is 5.75. The Hall–Kier alpha value is -2.42. The van der Waals surface area contributed by atoms with Crippen LogP contribution in [0.2, 0.25) is 0 Å². The topological polar surface area (TPSA) is 106 Å². The van der Waals surface area contributed by atoms with E-state index in [1.54, 1.807) is 18.2 Å². The van der Waals surface area contributed by atoms with Crippen LogP contribution in [0.25, 0.3) is 10.8 Å². The summed E-state index contributed by atoms with van der Waals surface area (Å²) in [6.07, 6.45) is 0. The number of nitrogens with two attached hydrogens (primary N) is 1. The number of rotatable bonds is 4. The molecule has 0 aliphatic heterocycles. The van der Waals surface area contributed by atoms with Crippen molar-refractivity contribution in [2.24, 2.45) is 5.14 Å². The van der Waals surface area contributed by atoms with Gasteiger partial charge in [-0.1, -0.05) is 42.5 Å². The molecule has 8 heteroatoms. The number of hydrogen-bond donors (Lipinski definition) is 2. The minimum atomic E-state index is -3.99. The van der Waals surface area contributed by atoms with Crippen LogP contribution in [-0.2, 0) is 20.0 Å². The molecule has 0 heterocycles. The molecule has 0 aliphatic rings. The van der Waals surface area contributed by atoms with Gasteiger partial charge in [0.1, 0.15) is 0 Å². The Morgan fingerprint density at radius 3 is 2.12 bits per heavy atom. The maximum atomic E-state index is 12.6. The minimum Gasteiger partial charge on any atom is -0.279 e. The fourth-order valence-corrected chi connectivity index (χ4v) is 4.10. The van der Waals surface area contributed by atoms with E-state index in [1.165, 1.54) is 18.2 Å². The van der Waals surface area contributed by atoms with Crippen LogP contribution in [0.1, 0.15) is 0 Å². The van der Waals surface area contributed by atoms with Gasteiger partial charge in [0.25, 0.3) is 10.0 Å². The van der Waals surface area contributed by atoms with Crippen molar-refractivity contribution in [1.29, 1.82) is 0 Å². The lowest BCUT2D eigenvalue weighted by atomic mass is 10.1. The maximum Gasteiger partial charge on any atom is 0.261 e. The van der Waals surface area contributed by atoms with Crippen LogP contribution < -0.4 is 9.86 Å². The number of nitrogens with one attached hydrogen (secondary N) is 1. The van der Waals surface area contributed by atoms with E-state index in [4.69, 9.17) is 5.14 Å². The summed E-state index contributed by atoms with van der Waals surface area (Å²) in [6, 6.07) is 17.5. The van der Waals surface area contributed by atoms with Crippen molar-refractivity contribution in [2.45, 2.75) is 9.79 Å². The molecule has 0 atom stereocenters. The van der Waals surface area contributed by atoms with Gasteiger partial charge in [-0.25, -0.2) is 22.0 Å². The molecule has 0 saturated carbocycles. The molecule has 24 heavy (non-hydrogen) atoms. The second kappa shape index (κ2) is 5.90. The molecule has 0 spiro atoms. The summed E-state index contributed by atoms with van der Waals surface area (Å²) >= 11 is 0. The highest BCUT2D eigenvalue weighted by atomic mass is 32.2. The molecule has 0 unspecified atom stereocenters. The van der Waals surface area contributed by atoms with Crippen molar-refractivity contribution in [1.82, 2.24) is 0 Å². The Balaban J connectivity index is 2.06. The van der Waals surface area contributed by atoms with Crippen molar-refractivity contribution >= 4 is 36.5 Å². The van der Waals surface area contributed by atoms with Crippen LogP contribution in [0.4, 0.5) is 5.69 Å². The van der Waals surface area contributed by atoms with E-state index >= 15 is 0 Å². The largest absolute Gasteiger partial charge is 0.279 e. The van der Waals surface area contributed by atoms with Crippen LogP contribution >= 0.6 is 0 Å². The summed E-state index contributed by atoms with van der Waals surface area (Å²) in [5.41, 5.74) is 0.411. The van der Waals surface area contributed by atoms with Gasteiger partial charge in [-0.3, -0.25) is 4.72 Å². The van der Waals surface area contributed by atoms with E-state index in [1.807, 2.05) is 24.3 Å². The number of anilines is 1. The van der Waals surface area contributed by atoms with E-state index in [0.717, 1.165) is 16.8 Å². The number of hydrogen-bond acceptors (Lipinski definition) is 4. The lowest BCUT2D eigenvalue weighted by molar-refractivity contribution is 0.597. The molecular formula is C16H14N2O4S2. The fourth-order valence-electron chi connectivity index (χ4n) is 2.34. The van der Waals surface area contributed by atoms with Gasteiger partial charge in [-0.2, -0.15) is 0 Å². The van der Waals surface area contributed by atoms with Crippen molar-refractivity contribution in [3.8, 4) is 0 Å². The van der Waals surface area contributed by atoms with E-state index in [0.29, 0.717) is 5.69 Å². The predicted molar refractivity (Wildman–Crippen MR) is 92.6 cm³/mol. The quantitative estimate of drug-likeness (QED) is 0.742. The number of primary sulfonamides is 1. The molecule has 3 rings (SSSR count). The zero-order chi connectivity index (χ0) is 17.4. The van der Waals surface area contributed by atoms with Gasteiger partial charge in [0.05, 0.1) is 15.5 Å². The monoisotopic (exact) mass is 362 g/mol. The fraction of sp³-hybridized carbons (Fsp3) is 0. The van der Waals surface area contributed by atoms with Crippen LogP contribution in [0.5, 0.6) is 0 Å². The van der Waals surface area contributed by atoms with E-state index < -0.39 is 20.0 Å². The van der Waals surface area contributed by atoms with Crippen molar-refractivity contribution in [3.63, 3.8) is 0 Å². The SMILES string of the molecule is NS(=O)(=O)c1cccc(S(=O)(=O)Nc2cccc3ccccc23)c1. The molecule has 0 saturated heterocycles. The normalized spacial score (nSPS) is 12.2. The Morgan fingerprint density at radius 1 is 0.750 bits per heavy atom. The van der Waals surface area contributed by atoms with Gasteiger partial charge in [-0.15, -0.1) is 0 Å². The Labute approximate surface area is 140 Å². The van der Waals surface area contributed by atoms with Gasteiger partial charge >= 0.3 is 0 Å². The average Bonchev–Trinajstić information content (AvgIpc) is 2.54. The molecular weight excluding hydrogens is 348 g/mol. The lowest BCUT2D eigenvalue weighted by Crippen LogP contribution is -2.16. The number of fused-ring (bicyclic) bond motifs is 1. The lowest BCUT2D eigenvalue weighted by Gasteiger charge is -2.11. The van der Waals surface area contributed by atoms with Crippen LogP contribution in [0, 0.1) is 0 Å². The third kappa shape index (κ3) is 3.25. The van der Waals surface area contributed by atoms with Crippen LogP contribution in [-0.4, -0.2) is 16.8 Å². The zero-order valence-corrected chi connectivity index (χ0v) is 14.0. The molecule has 6 nitrogen and oxygen atoms in total. The summed E-state index contributed by atoms with van der Waals surface area (Å²) in [7, 11) is -7.94. The Bertz CT molecular complexity index is 1120. The standard InChI is InChI=1S/C16H14N2O4S2/c17-23(19,20)13-7-4-8-14(11-13)24(21,22)18-16-10-3-6-12-5-1-2-9-15(12)16/h1-11,18H,(H2,17,19,20). The molecule has 0 aromatic heterocycles. The number of sulfonamides is 2. The first kappa shape index (κ1) is 16.4. The highest BCUT2D eigenvalue weighted by Crippen LogP contribution is 2.26. The molecule has 124 valence electrons. The third-order valence-electron chi connectivity index (χ3n) is 3.48. The molecule has 0 bridgehead atoms. The smallest absolute Gasteiger partial charge is 0.261 e. The Morgan fingerprint density at radius 2 is 1.38 bits per heavy atom. The number of benzene rings is 3. The Kier molecular flexibility index (Phi) is 4.04. The highest BCUT2D eigenvalue weighted by molar-refractivity contribution is 7.93. The maximum absolute atomic E-state index is 12.6. The van der Waals surface area contributed by atoms with Crippen molar-refractivity contribution < 1.29 is 16.8 Å². The van der Waals surface area contributed by atoms with E-state index in [2.05, 4.69) is 4.72 Å². The van der Waals surface area contributed by atoms with Crippen molar-refractivity contribution in [3.05, 3.63) is 66.7 Å². The molecule has 3 aromatic rings. The highest BCUT2D eigenvalue weighted by Gasteiger charge is 2.18. The second-order valence-electron chi connectivity index (χ2n) is 5.15. The summed E-state index contributed by atoms with van der Waals surface area (Å²) in [5.74, 6) is 0. The van der Waals surface area contributed by atoms with E-state index in [9.17, 15) is 16.8 Å². The van der Waals surface area contributed by atoms with Gasteiger partial charge < -0.3 is 0 Å². The average molecular weight is 362 g/mol. The van der Waals surface area contributed by atoms with Gasteiger partial charge in [-0.05, 0) is 29.7 Å². The van der Waals surface area contributed by atoms with Crippen LogP contribution in [0.15, 0.2) is 76.5 Å². The first-order valence-corrected chi connectivity index (χ1v) is 9.94. The first-order chi connectivity index (χ1) is 11.3. The molecule has 3 N–H and O–H groups in total. The molecule has 3 aromatic carbocycles. The van der Waals surface area contributed by atoms with Gasteiger partial charge in [0.15, 0.2) is 0 Å². The van der Waals surface area contributed by atoms with E-state index in [-0.39, 0.29) is 9.79 Å². The summed E-state index contributed by atoms with van der Waals surface area (Å²) in [6.45, 7) is 0. The van der Waals surface area contributed by atoms with Crippen LogP contribution in [0.3, 0.4) is 0 Å². The summed E-state index contributed by atoms with van der Waals surface area (Å²) in [4.78, 5) is -0.440. The first-order valence-electron chi connectivity index (χ1n) is 6.91. The minimum absolute atomic E-state index is 0.179. The predicted octanol–water partition coefficient (Wildman–Crippen LogP) is 2.29. The second-order valence-corrected chi connectivity index (χ2v) is 8.40. The zero-order valence-electron chi connectivity index (χ0n) is 12.4. The van der Waals surface area contributed by atoms with Crippen molar-refractivity contribution in [2.75, 3.05) is 4.72 Å². The summed E-state index contributed by atoms with van der Waals surface area (Å²) < 4.78 is 50.5.